The lowest BCUT2D eigenvalue weighted by molar-refractivity contribution is -0.119. The molecule has 0 atom stereocenters. The van der Waals surface area contributed by atoms with Crippen molar-refractivity contribution in [1.29, 1.82) is 0 Å². The van der Waals surface area contributed by atoms with E-state index < -0.39 is 21.5 Å². The molecule has 0 bridgehead atoms. The average Bonchev–Trinajstić information content (AvgIpc) is 2.66. The number of hydrogen-bond acceptors (Lipinski definition) is 4. The molecule has 0 aromatic rings. The van der Waals surface area contributed by atoms with E-state index in [1.807, 2.05) is 0 Å². The van der Waals surface area contributed by atoms with Crippen molar-refractivity contribution in [2.45, 2.75) is 38.1 Å². The van der Waals surface area contributed by atoms with Crippen molar-refractivity contribution < 1.29 is 13.2 Å². The summed E-state index contributed by atoms with van der Waals surface area (Å²) in [6, 6.07) is 0.147. The van der Waals surface area contributed by atoms with Gasteiger partial charge in [-0.1, -0.05) is 25.1 Å². The van der Waals surface area contributed by atoms with Gasteiger partial charge in [0.05, 0.1) is 10.7 Å². The number of amides is 1. The predicted octanol–water partition coefficient (Wildman–Crippen LogP) is 0.136. The molecule has 0 radical (unpaired) electrons. The van der Waals surface area contributed by atoms with Gasteiger partial charge in [-0.05, 0) is 12.8 Å². The van der Waals surface area contributed by atoms with Crippen molar-refractivity contribution in [2.24, 2.45) is 5.73 Å². The zero-order valence-electron chi connectivity index (χ0n) is 9.65. The van der Waals surface area contributed by atoms with Crippen LogP contribution in [-0.4, -0.2) is 36.9 Å². The van der Waals surface area contributed by atoms with Gasteiger partial charge in [0.15, 0.2) is 9.84 Å². The van der Waals surface area contributed by atoms with Crippen molar-refractivity contribution in [3.05, 3.63) is 0 Å². The highest BCUT2D eigenvalue weighted by Gasteiger charge is 2.21. The van der Waals surface area contributed by atoms with Crippen molar-refractivity contribution >= 4 is 33.0 Å². The van der Waals surface area contributed by atoms with Gasteiger partial charge in [-0.25, -0.2) is 8.42 Å². The Morgan fingerprint density at radius 1 is 1.35 bits per heavy atom. The number of rotatable bonds is 6. The summed E-state index contributed by atoms with van der Waals surface area (Å²) in [5.41, 5.74) is 5.23. The first-order chi connectivity index (χ1) is 7.89. The third-order valence-corrected chi connectivity index (χ3v) is 4.46. The summed E-state index contributed by atoms with van der Waals surface area (Å²) in [7, 11) is -3.40. The molecule has 0 unspecified atom stereocenters. The molecule has 1 aliphatic carbocycles. The van der Waals surface area contributed by atoms with Crippen molar-refractivity contribution in [2.75, 3.05) is 11.5 Å². The molecular weight excluding hydrogens is 260 g/mol. The molecule has 1 aliphatic rings. The summed E-state index contributed by atoms with van der Waals surface area (Å²) in [5.74, 6) is -1.04. The third kappa shape index (κ3) is 5.97. The van der Waals surface area contributed by atoms with Gasteiger partial charge >= 0.3 is 0 Å². The molecular formula is C10H18N2O3S2. The Labute approximate surface area is 107 Å². The molecule has 0 spiro atoms. The highest BCUT2D eigenvalue weighted by Crippen LogP contribution is 2.17. The number of carbonyl (C=O) groups excluding carboxylic acids is 1. The van der Waals surface area contributed by atoms with Crippen LogP contribution in [0.15, 0.2) is 0 Å². The maximum Gasteiger partial charge on any atom is 0.235 e. The Morgan fingerprint density at radius 3 is 2.47 bits per heavy atom. The van der Waals surface area contributed by atoms with Crippen LogP contribution < -0.4 is 11.1 Å². The molecule has 1 saturated carbocycles. The van der Waals surface area contributed by atoms with Crippen LogP contribution in [-0.2, 0) is 14.6 Å². The summed E-state index contributed by atoms with van der Waals surface area (Å²) >= 11 is 4.61. The van der Waals surface area contributed by atoms with E-state index >= 15 is 0 Å². The SMILES string of the molecule is NC(=S)CCS(=O)(=O)CC(=O)NC1CCCC1. The highest BCUT2D eigenvalue weighted by atomic mass is 32.2. The van der Waals surface area contributed by atoms with Gasteiger partial charge in [-0.3, -0.25) is 4.79 Å². The molecule has 1 fully saturated rings. The predicted molar refractivity (Wildman–Crippen MR) is 70.5 cm³/mol. The van der Waals surface area contributed by atoms with E-state index in [2.05, 4.69) is 17.5 Å². The van der Waals surface area contributed by atoms with Crippen LogP contribution in [0.25, 0.3) is 0 Å². The van der Waals surface area contributed by atoms with Crippen LogP contribution in [0.2, 0.25) is 0 Å². The number of nitrogens with one attached hydrogen (secondary N) is 1. The normalized spacial score (nSPS) is 16.9. The van der Waals surface area contributed by atoms with Gasteiger partial charge in [-0.15, -0.1) is 0 Å². The summed E-state index contributed by atoms with van der Waals surface area (Å²) in [6.07, 6.45) is 4.21. The number of hydrogen-bond donors (Lipinski definition) is 2. The summed E-state index contributed by atoms with van der Waals surface area (Å²) in [4.78, 5) is 11.7. The topological polar surface area (TPSA) is 89.3 Å². The second kappa shape index (κ2) is 6.30. The smallest absolute Gasteiger partial charge is 0.235 e. The molecule has 98 valence electrons. The second-order valence-electron chi connectivity index (χ2n) is 4.36. The summed E-state index contributed by atoms with van der Waals surface area (Å²) < 4.78 is 23.1. The van der Waals surface area contributed by atoms with E-state index in [0.717, 1.165) is 25.7 Å². The van der Waals surface area contributed by atoms with Crippen LogP contribution in [0.3, 0.4) is 0 Å². The molecule has 1 amide bonds. The fourth-order valence-corrected chi connectivity index (χ4v) is 3.26. The van der Waals surface area contributed by atoms with Crippen molar-refractivity contribution in [3.63, 3.8) is 0 Å². The Kier molecular flexibility index (Phi) is 5.32. The number of carbonyl (C=O) groups is 1. The minimum Gasteiger partial charge on any atom is -0.393 e. The molecule has 0 aliphatic heterocycles. The van der Waals surface area contributed by atoms with Gasteiger partial charge < -0.3 is 11.1 Å². The Balaban J connectivity index is 2.35. The quantitative estimate of drug-likeness (QED) is 0.674. The largest absolute Gasteiger partial charge is 0.393 e. The van der Waals surface area contributed by atoms with Gasteiger partial charge in [0.2, 0.25) is 5.91 Å². The molecule has 0 aromatic carbocycles. The fourth-order valence-electron chi connectivity index (χ4n) is 1.87. The highest BCUT2D eigenvalue weighted by molar-refractivity contribution is 7.92. The minimum absolute atomic E-state index is 0.133. The van der Waals surface area contributed by atoms with E-state index in [1.165, 1.54) is 0 Å². The first-order valence-corrected chi connectivity index (χ1v) is 7.90. The maximum absolute atomic E-state index is 11.5. The van der Waals surface area contributed by atoms with E-state index in [1.54, 1.807) is 0 Å². The van der Waals surface area contributed by atoms with Crippen LogP contribution in [0.4, 0.5) is 0 Å². The molecule has 17 heavy (non-hydrogen) atoms. The summed E-state index contributed by atoms with van der Waals surface area (Å²) in [5, 5.41) is 2.74. The molecule has 0 saturated heterocycles. The average molecular weight is 278 g/mol. The molecule has 3 N–H and O–H groups in total. The Hall–Kier alpha value is -0.690. The maximum atomic E-state index is 11.5. The zero-order valence-corrected chi connectivity index (χ0v) is 11.3. The second-order valence-corrected chi connectivity index (χ2v) is 7.07. The van der Waals surface area contributed by atoms with Crippen LogP contribution in [0, 0.1) is 0 Å². The van der Waals surface area contributed by atoms with E-state index in [4.69, 9.17) is 5.73 Å². The standard InChI is InChI=1S/C10H18N2O3S2/c11-9(16)5-6-17(14,15)7-10(13)12-8-3-1-2-4-8/h8H,1-7H2,(H2,11,16)(H,12,13). The first-order valence-electron chi connectivity index (χ1n) is 5.67. The third-order valence-electron chi connectivity index (χ3n) is 2.73. The molecule has 1 rings (SSSR count). The Morgan fingerprint density at radius 2 is 1.94 bits per heavy atom. The lowest BCUT2D eigenvalue weighted by Gasteiger charge is -2.11. The van der Waals surface area contributed by atoms with E-state index in [-0.39, 0.29) is 23.2 Å². The number of nitrogens with two attached hydrogens (primary N) is 1. The van der Waals surface area contributed by atoms with Gasteiger partial charge in [0, 0.05) is 12.5 Å². The van der Waals surface area contributed by atoms with Gasteiger partial charge in [0.25, 0.3) is 0 Å². The zero-order chi connectivity index (χ0) is 12.9. The van der Waals surface area contributed by atoms with Crippen molar-refractivity contribution in [1.82, 2.24) is 5.32 Å². The minimum atomic E-state index is -3.40. The molecule has 5 nitrogen and oxygen atoms in total. The van der Waals surface area contributed by atoms with Crippen LogP contribution >= 0.6 is 12.2 Å². The van der Waals surface area contributed by atoms with E-state index in [9.17, 15) is 13.2 Å². The van der Waals surface area contributed by atoms with E-state index in [0.29, 0.717) is 0 Å². The molecule has 7 heteroatoms. The van der Waals surface area contributed by atoms with Crippen LogP contribution in [0.5, 0.6) is 0 Å². The molecule has 0 heterocycles. The fraction of sp³-hybridized carbons (Fsp3) is 0.800. The Bertz CT molecular complexity index is 386. The lowest BCUT2D eigenvalue weighted by Crippen LogP contribution is -2.37. The van der Waals surface area contributed by atoms with Crippen molar-refractivity contribution in [3.8, 4) is 0 Å². The summed E-state index contributed by atoms with van der Waals surface area (Å²) in [6.45, 7) is 0. The molecule has 0 aromatic heterocycles. The number of sulfone groups is 1. The lowest BCUT2D eigenvalue weighted by atomic mass is 10.2. The van der Waals surface area contributed by atoms with Gasteiger partial charge in [0.1, 0.15) is 5.75 Å². The van der Waals surface area contributed by atoms with Crippen LogP contribution in [0.1, 0.15) is 32.1 Å². The number of thiocarbonyl (C=S) groups is 1. The van der Waals surface area contributed by atoms with Gasteiger partial charge in [-0.2, -0.15) is 0 Å². The monoisotopic (exact) mass is 278 g/mol. The first kappa shape index (κ1) is 14.4.